The van der Waals surface area contributed by atoms with Gasteiger partial charge in [0.15, 0.2) is 0 Å². The zero-order valence-electron chi connectivity index (χ0n) is 10.6. The lowest BCUT2D eigenvalue weighted by molar-refractivity contribution is -0.115. The van der Waals surface area contributed by atoms with Crippen molar-refractivity contribution >= 4 is 29.2 Å². The Kier molecular flexibility index (Phi) is 5.16. The third-order valence-corrected chi connectivity index (χ3v) is 2.29. The molecule has 1 amide bonds. The zero-order valence-corrected chi connectivity index (χ0v) is 11.3. The highest BCUT2D eigenvalue weighted by Gasteiger charge is 2.11. The number of carbonyl (C=O) groups excluding carboxylic acids is 2. The van der Waals surface area contributed by atoms with Gasteiger partial charge in [0.25, 0.3) is 0 Å². The molecule has 5 heteroatoms. The molecule has 0 saturated carbocycles. The number of amides is 1. The van der Waals surface area contributed by atoms with Crippen LogP contribution >= 0.6 is 11.6 Å². The quantitative estimate of drug-likeness (QED) is 0.675. The van der Waals surface area contributed by atoms with Crippen LogP contribution in [0.3, 0.4) is 0 Å². The van der Waals surface area contributed by atoms with Gasteiger partial charge in [0.1, 0.15) is 5.38 Å². The molecule has 1 atom stereocenters. The summed E-state index contributed by atoms with van der Waals surface area (Å²) in [7, 11) is 0. The minimum absolute atomic E-state index is 0.158. The number of nitrogens with one attached hydrogen (secondary N) is 1. The van der Waals surface area contributed by atoms with Gasteiger partial charge in [0, 0.05) is 5.69 Å². The molecule has 98 valence electrons. The molecule has 4 nitrogen and oxygen atoms in total. The molecule has 0 radical (unpaired) electrons. The Labute approximate surface area is 111 Å². The molecule has 0 aliphatic carbocycles. The van der Waals surface area contributed by atoms with Gasteiger partial charge in [-0.05, 0) is 45.0 Å². The first-order valence-electron chi connectivity index (χ1n) is 5.66. The van der Waals surface area contributed by atoms with Gasteiger partial charge >= 0.3 is 5.97 Å². The Hall–Kier alpha value is -1.55. The third kappa shape index (κ3) is 4.37. The van der Waals surface area contributed by atoms with Crippen molar-refractivity contribution in [3.05, 3.63) is 29.8 Å². The largest absolute Gasteiger partial charge is 0.459 e. The standard InChI is InChI=1S/C13H16ClNO3/c1-8(2)18-13(17)10-4-6-11(7-5-10)15-12(16)9(3)14/h4-9H,1-3H3,(H,15,16). The average Bonchev–Trinajstić information content (AvgIpc) is 2.28. The number of hydrogen-bond donors (Lipinski definition) is 1. The summed E-state index contributed by atoms with van der Waals surface area (Å²) in [6.45, 7) is 5.16. The highest BCUT2D eigenvalue weighted by molar-refractivity contribution is 6.32. The van der Waals surface area contributed by atoms with Crippen LogP contribution in [-0.2, 0) is 9.53 Å². The van der Waals surface area contributed by atoms with Crippen LogP contribution in [-0.4, -0.2) is 23.4 Å². The lowest BCUT2D eigenvalue weighted by Gasteiger charge is -2.09. The van der Waals surface area contributed by atoms with Crippen molar-refractivity contribution in [3.8, 4) is 0 Å². The molecule has 0 bridgehead atoms. The number of hydrogen-bond acceptors (Lipinski definition) is 3. The lowest BCUT2D eigenvalue weighted by Crippen LogP contribution is -2.20. The Morgan fingerprint density at radius 3 is 2.17 bits per heavy atom. The second kappa shape index (κ2) is 6.40. The summed E-state index contributed by atoms with van der Waals surface area (Å²) in [6.07, 6.45) is -0.158. The number of anilines is 1. The van der Waals surface area contributed by atoms with Crippen molar-refractivity contribution in [2.75, 3.05) is 5.32 Å². The minimum Gasteiger partial charge on any atom is -0.459 e. The number of esters is 1. The summed E-state index contributed by atoms with van der Waals surface area (Å²) in [6, 6.07) is 6.46. The highest BCUT2D eigenvalue weighted by Crippen LogP contribution is 2.12. The van der Waals surface area contributed by atoms with Gasteiger partial charge in [0.05, 0.1) is 11.7 Å². The van der Waals surface area contributed by atoms with Gasteiger partial charge in [-0.3, -0.25) is 4.79 Å². The van der Waals surface area contributed by atoms with Crippen LogP contribution in [0.5, 0.6) is 0 Å². The Bertz CT molecular complexity index is 426. The molecule has 0 aromatic heterocycles. The molecule has 1 unspecified atom stereocenters. The van der Waals surface area contributed by atoms with Crippen molar-refractivity contribution in [2.45, 2.75) is 32.3 Å². The minimum atomic E-state index is -0.601. The fourth-order valence-electron chi connectivity index (χ4n) is 1.21. The van der Waals surface area contributed by atoms with Crippen LogP contribution < -0.4 is 5.32 Å². The summed E-state index contributed by atoms with van der Waals surface area (Å²) in [5.74, 6) is -0.664. The van der Waals surface area contributed by atoms with Gasteiger partial charge < -0.3 is 10.1 Å². The number of benzene rings is 1. The Balaban J connectivity index is 2.68. The van der Waals surface area contributed by atoms with E-state index in [1.807, 2.05) is 0 Å². The number of rotatable bonds is 4. The molecule has 1 rings (SSSR count). The van der Waals surface area contributed by atoms with Crippen LogP contribution in [0.4, 0.5) is 5.69 Å². The van der Waals surface area contributed by atoms with Gasteiger partial charge in [-0.25, -0.2) is 4.79 Å². The van der Waals surface area contributed by atoms with Gasteiger partial charge in [-0.2, -0.15) is 0 Å². The van der Waals surface area contributed by atoms with Crippen molar-refractivity contribution in [3.63, 3.8) is 0 Å². The molecule has 0 spiro atoms. The van der Waals surface area contributed by atoms with Gasteiger partial charge in [0.2, 0.25) is 5.91 Å². The van der Waals surface area contributed by atoms with Crippen molar-refractivity contribution in [2.24, 2.45) is 0 Å². The fraction of sp³-hybridized carbons (Fsp3) is 0.385. The maximum absolute atomic E-state index is 11.6. The molecule has 0 aliphatic heterocycles. The number of ether oxygens (including phenoxy) is 1. The van der Waals surface area contributed by atoms with Crippen molar-refractivity contribution in [1.82, 2.24) is 0 Å². The first-order chi connectivity index (χ1) is 8.40. The second-order valence-electron chi connectivity index (χ2n) is 4.14. The monoisotopic (exact) mass is 269 g/mol. The van der Waals surface area contributed by atoms with E-state index < -0.39 is 5.38 Å². The molecule has 0 fully saturated rings. The van der Waals surface area contributed by atoms with Crippen LogP contribution in [0.25, 0.3) is 0 Å². The van der Waals surface area contributed by atoms with E-state index in [4.69, 9.17) is 16.3 Å². The molecule has 0 saturated heterocycles. The maximum atomic E-state index is 11.6. The highest BCUT2D eigenvalue weighted by atomic mass is 35.5. The predicted octanol–water partition coefficient (Wildman–Crippen LogP) is 2.82. The maximum Gasteiger partial charge on any atom is 0.338 e. The normalized spacial score (nSPS) is 12.1. The van der Waals surface area contributed by atoms with Crippen molar-refractivity contribution in [1.29, 1.82) is 0 Å². The molecule has 1 aromatic rings. The smallest absolute Gasteiger partial charge is 0.338 e. The second-order valence-corrected chi connectivity index (χ2v) is 4.79. The topological polar surface area (TPSA) is 55.4 Å². The fourth-order valence-corrected chi connectivity index (χ4v) is 1.27. The van der Waals surface area contributed by atoms with E-state index >= 15 is 0 Å². The van der Waals surface area contributed by atoms with Crippen LogP contribution in [0.15, 0.2) is 24.3 Å². The summed E-state index contributed by atoms with van der Waals surface area (Å²) >= 11 is 5.63. The molecule has 1 N–H and O–H groups in total. The lowest BCUT2D eigenvalue weighted by atomic mass is 10.2. The first-order valence-corrected chi connectivity index (χ1v) is 6.09. The summed E-state index contributed by atoms with van der Waals surface area (Å²) < 4.78 is 5.05. The Morgan fingerprint density at radius 2 is 1.72 bits per heavy atom. The number of alkyl halides is 1. The average molecular weight is 270 g/mol. The van der Waals surface area contributed by atoms with Crippen molar-refractivity contribution < 1.29 is 14.3 Å². The van der Waals surface area contributed by atoms with E-state index in [1.165, 1.54) is 0 Å². The molecular formula is C13H16ClNO3. The predicted molar refractivity (Wildman–Crippen MR) is 70.9 cm³/mol. The molecular weight excluding hydrogens is 254 g/mol. The third-order valence-electron chi connectivity index (χ3n) is 2.09. The molecule has 0 aliphatic rings. The van der Waals surface area contributed by atoms with E-state index in [1.54, 1.807) is 45.0 Å². The SMILES string of the molecule is CC(C)OC(=O)c1ccc(NC(=O)C(C)Cl)cc1. The Morgan fingerprint density at radius 1 is 1.17 bits per heavy atom. The summed E-state index contributed by atoms with van der Waals surface area (Å²) in [4.78, 5) is 22.9. The first kappa shape index (κ1) is 14.5. The summed E-state index contributed by atoms with van der Waals surface area (Å²) in [5.41, 5.74) is 1.04. The van der Waals surface area contributed by atoms with E-state index in [2.05, 4.69) is 5.32 Å². The molecule has 18 heavy (non-hydrogen) atoms. The van der Waals surface area contributed by atoms with Gasteiger partial charge in [-0.1, -0.05) is 0 Å². The van der Waals surface area contributed by atoms with E-state index in [0.29, 0.717) is 11.3 Å². The van der Waals surface area contributed by atoms with Crippen LogP contribution in [0.1, 0.15) is 31.1 Å². The van der Waals surface area contributed by atoms with Gasteiger partial charge in [-0.15, -0.1) is 11.6 Å². The number of halogens is 1. The van der Waals surface area contributed by atoms with Crippen LogP contribution in [0, 0.1) is 0 Å². The van der Waals surface area contributed by atoms with E-state index in [9.17, 15) is 9.59 Å². The van der Waals surface area contributed by atoms with E-state index in [0.717, 1.165) is 0 Å². The molecule has 1 aromatic carbocycles. The van der Waals surface area contributed by atoms with Crippen LogP contribution in [0.2, 0.25) is 0 Å². The summed E-state index contributed by atoms with van der Waals surface area (Å²) in [5, 5.41) is 2.02. The molecule has 0 heterocycles. The number of carbonyl (C=O) groups is 2. The zero-order chi connectivity index (χ0) is 13.7. The van der Waals surface area contributed by atoms with E-state index in [-0.39, 0.29) is 18.0 Å².